The highest BCUT2D eigenvalue weighted by molar-refractivity contribution is 5.91. The van der Waals surface area contributed by atoms with Gasteiger partial charge in [0.05, 0.1) is 24.7 Å². The van der Waals surface area contributed by atoms with Gasteiger partial charge in [-0.2, -0.15) is 13.2 Å². The normalized spacial score (nSPS) is 14.4. The van der Waals surface area contributed by atoms with Gasteiger partial charge in [0.15, 0.2) is 11.6 Å². The lowest BCUT2D eigenvalue weighted by Gasteiger charge is -2.31. The Kier molecular flexibility index (Phi) is 8.56. The van der Waals surface area contributed by atoms with Crippen molar-refractivity contribution in [2.24, 2.45) is 7.05 Å². The number of imidazole rings is 1. The first kappa shape index (κ1) is 27.0. The molecule has 3 aromatic heterocycles. The molecule has 0 radical (unpaired) electrons. The molecule has 36 heavy (non-hydrogen) atoms. The summed E-state index contributed by atoms with van der Waals surface area (Å²) >= 11 is 0. The molecule has 13 heteroatoms. The second-order valence-electron chi connectivity index (χ2n) is 8.35. The summed E-state index contributed by atoms with van der Waals surface area (Å²) in [6.45, 7) is 2.77. The zero-order valence-electron chi connectivity index (χ0n) is 20.2. The number of aliphatic carboxylic acids is 1. The molecule has 1 N–H and O–H groups in total. The summed E-state index contributed by atoms with van der Waals surface area (Å²) in [5.41, 5.74) is 3.04. The van der Waals surface area contributed by atoms with Crippen molar-refractivity contribution in [1.82, 2.24) is 19.4 Å². The van der Waals surface area contributed by atoms with E-state index in [4.69, 9.17) is 24.0 Å². The third-order valence-electron chi connectivity index (χ3n) is 5.88. The van der Waals surface area contributed by atoms with Crippen molar-refractivity contribution in [3.8, 4) is 0 Å². The van der Waals surface area contributed by atoms with Crippen molar-refractivity contribution in [1.29, 1.82) is 0 Å². The number of aryl methyl sites for hydroxylation is 1. The van der Waals surface area contributed by atoms with Crippen molar-refractivity contribution in [3.63, 3.8) is 0 Å². The van der Waals surface area contributed by atoms with Gasteiger partial charge in [0.25, 0.3) is 5.91 Å². The number of pyridine rings is 1. The predicted octanol–water partition coefficient (Wildman–Crippen LogP) is 3.30. The van der Waals surface area contributed by atoms with E-state index >= 15 is 0 Å². The summed E-state index contributed by atoms with van der Waals surface area (Å²) in [5.74, 6) is -1.20. The molecular formula is C23H28F3N5O5. The predicted molar refractivity (Wildman–Crippen MR) is 124 cm³/mol. The average molecular weight is 512 g/mol. The Morgan fingerprint density at radius 2 is 1.97 bits per heavy atom. The number of nitrogens with zero attached hydrogens (tertiary/aromatic N) is 5. The van der Waals surface area contributed by atoms with Crippen molar-refractivity contribution < 1.29 is 37.0 Å². The van der Waals surface area contributed by atoms with Gasteiger partial charge >= 0.3 is 12.1 Å². The van der Waals surface area contributed by atoms with Crippen molar-refractivity contribution >= 4 is 28.7 Å². The molecular weight excluding hydrogens is 483 g/mol. The molecule has 196 valence electrons. The number of carboxylic acid groups (broad SMARTS) is 1. The summed E-state index contributed by atoms with van der Waals surface area (Å²) in [6, 6.07) is 5.60. The second kappa shape index (κ2) is 11.4. The van der Waals surface area contributed by atoms with Gasteiger partial charge in [-0.05, 0) is 31.0 Å². The number of likely N-dealkylation sites (N-methyl/N-ethyl adjacent to an activating group) is 1. The number of rotatable bonds is 6. The molecule has 4 rings (SSSR count). The fourth-order valence-corrected chi connectivity index (χ4v) is 3.87. The van der Waals surface area contributed by atoms with E-state index in [0.717, 1.165) is 41.9 Å². The van der Waals surface area contributed by atoms with E-state index in [1.807, 2.05) is 29.9 Å². The number of halogens is 3. The van der Waals surface area contributed by atoms with Crippen LogP contribution in [0.3, 0.4) is 0 Å². The highest BCUT2D eigenvalue weighted by atomic mass is 19.4. The molecule has 10 nitrogen and oxygen atoms in total. The lowest BCUT2D eigenvalue weighted by Crippen LogP contribution is -2.38. The minimum atomic E-state index is -5.08. The number of aromatic nitrogens is 3. The molecule has 0 bridgehead atoms. The van der Waals surface area contributed by atoms with Gasteiger partial charge in [-0.25, -0.2) is 14.8 Å². The van der Waals surface area contributed by atoms with Crippen LogP contribution in [0.4, 0.5) is 19.0 Å². The number of piperidine rings is 1. The lowest BCUT2D eigenvalue weighted by molar-refractivity contribution is -0.192. The van der Waals surface area contributed by atoms with Gasteiger partial charge in [0, 0.05) is 52.5 Å². The van der Waals surface area contributed by atoms with Crippen LogP contribution in [0.2, 0.25) is 0 Å². The molecule has 3 aromatic rings. The van der Waals surface area contributed by atoms with Crippen molar-refractivity contribution in [2.75, 3.05) is 45.3 Å². The van der Waals surface area contributed by atoms with Gasteiger partial charge in [0.2, 0.25) is 0 Å². The molecule has 0 saturated carbocycles. The molecule has 0 unspecified atom stereocenters. The first-order valence-electron chi connectivity index (χ1n) is 11.2. The number of carbonyl (C=O) groups is 2. The average Bonchev–Trinajstić information content (AvgIpc) is 3.52. The van der Waals surface area contributed by atoms with Gasteiger partial charge < -0.3 is 28.6 Å². The number of amides is 1. The molecule has 1 amide bonds. The smallest absolute Gasteiger partial charge is 0.475 e. The van der Waals surface area contributed by atoms with E-state index in [0.29, 0.717) is 31.4 Å². The Hall–Kier alpha value is -3.61. The summed E-state index contributed by atoms with van der Waals surface area (Å²) < 4.78 is 44.2. The summed E-state index contributed by atoms with van der Waals surface area (Å²) in [4.78, 5) is 34.9. The fourth-order valence-electron chi connectivity index (χ4n) is 3.87. The van der Waals surface area contributed by atoms with Crippen molar-refractivity contribution in [3.05, 3.63) is 42.2 Å². The van der Waals surface area contributed by atoms with Gasteiger partial charge in [-0.3, -0.25) is 4.79 Å². The minimum Gasteiger partial charge on any atom is -0.475 e. The molecule has 0 aliphatic carbocycles. The molecule has 0 aromatic carbocycles. The SMILES string of the molecule is COCCN(C)c1nc(C2CCN(C(=O)c3ccco3)CC2)cc2c1ncn2C.O=C(O)C(F)(F)F. The molecule has 1 aliphatic rings. The number of fused-ring (bicyclic) bond motifs is 1. The fraction of sp³-hybridized carbons (Fsp3) is 0.478. The zero-order valence-corrected chi connectivity index (χ0v) is 20.2. The highest BCUT2D eigenvalue weighted by Crippen LogP contribution is 2.32. The van der Waals surface area contributed by atoms with E-state index in [1.165, 1.54) is 6.26 Å². The quantitative estimate of drug-likeness (QED) is 0.536. The third-order valence-corrected chi connectivity index (χ3v) is 5.88. The van der Waals surface area contributed by atoms with Crippen LogP contribution in [0.1, 0.15) is 35.0 Å². The van der Waals surface area contributed by atoms with Crippen LogP contribution in [-0.4, -0.2) is 83.0 Å². The molecule has 4 heterocycles. The summed E-state index contributed by atoms with van der Waals surface area (Å²) in [5, 5.41) is 7.12. The molecule has 0 spiro atoms. The van der Waals surface area contributed by atoms with Crippen LogP contribution in [0.25, 0.3) is 11.0 Å². The largest absolute Gasteiger partial charge is 0.490 e. The van der Waals surface area contributed by atoms with Gasteiger partial charge in [0.1, 0.15) is 5.52 Å². The number of methoxy groups -OCH3 is 1. The number of furan rings is 1. The van der Waals surface area contributed by atoms with Crippen molar-refractivity contribution in [2.45, 2.75) is 24.9 Å². The van der Waals surface area contributed by atoms with Crippen LogP contribution in [0.5, 0.6) is 0 Å². The van der Waals surface area contributed by atoms with Crippen LogP contribution < -0.4 is 4.90 Å². The molecule has 1 fully saturated rings. The maximum atomic E-state index is 12.5. The van der Waals surface area contributed by atoms with E-state index in [2.05, 4.69) is 16.0 Å². The number of likely N-dealkylation sites (tertiary alicyclic amines) is 1. The highest BCUT2D eigenvalue weighted by Gasteiger charge is 2.38. The number of carboxylic acids is 1. The number of hydrogen-bond donors (Lipinski definition) is 1. The van der Waals surface area contributed by atoms with E-state index in [-0.39, 0.29) is 5.91 Å². The molecule has 1 saturated heterocycles. The Labute approximate surface area is 205 Å². The molecule has 1 aliphatic heterocycles. The Morgan fingerprint density at radius 1 is 1.31 bits per heavy atom. The number of ether oxygens (including phenoxy) is 1. The van der Waals surface area contributed by atoms with Crippen LogP contribution in [0.15, 0.2) is 35.2 Å². The minimum absolute atomic E-state index is 0.0384. The standard InChI is InChI=1S/C21H27N5O3.C2HF3O2/c1-24(10-12-28-3)20-19-17(25(2)14-22-19)13-16(23-20)15-6-8-26(9-7-15)21(27)18-5-4-11-29-18;3-2(4,5)1(6)7/h4-5,11,13-15H,6-10,12H2,1-3H3;(H,6,7). The maximum absolute atomic E-state index is 12.5. The third kappa shape index (κ3) is 6.33. The topological polar surface area (TPSA) is 114 Å². The summed E-state index contributed by atoms with van der Waals surface area (Å²) in [7, 11) is 5.72. The van der Waals surface area contributed by atoms with Gasteiger partial charge in [-0.1, -0.05) is 0 Å². The Morgan fingerprint density at radius 3 is 2.53 bits per heavy atom. The van der Waals surface area contributed by atoms with Crippen LogP contribution in [-0.2, 0) is 16.6 Å². The van der Waals surface area contributed by atoms with Gasteiger partial charge in [-0.15, -0.1) is 0 Å². The number of alkyl halides is 3. The number of carbonyl (C=O) groups excluding carboxylic acids is 1. The van der Waals surface area contributed by atoms with E-state index < -0.39 is 12.1 Å². The Balaban J connectivity index is 0.000000454. The number of anilines is 1. The van der Waals surface area contributed by atoms with Crippen LogP contribution >= 0.6 is 0 Å². The first-order valence-corrected chi connectivity index (χ1v) is 11.2. The van der Waals surface area contributed by atoms with E-state index in [9.17, 15) is 18.0 Å². The maximum Gasteiger partial charge on any atom is 0.490 e. The second-order valence-corrected chi connectivity index (χ2v) is 8.35. The monoisotopic (exact) mass is 511 g/mol. The lowest BCUT2D eigenvalue weighted by atomic mass is 9.92. The zero-order chi connectivity index (χ0) is 26.5. The van der Waals surface area contributed by atoms with E-state index in [1.54, 1.807) is 19.2 Å². The molecule has 0 atom stereocenters. The first-order chi connectivity index (χ1) is 17.0. The summed E-state index contributed by atoms with van der Waals surface area (Å²) in [6.07, 6.45) is 0.0388. The van der Waals surface area contributed by atoms with Crippen LogP contribution in [0, 0.1) is 0 Å². The Bertz CT molecular complexity index is 1170. The number of hydrogen-bond acceptors (Lipinski definition) is 7.